The molecule has 1 aromatic heterocycles. The highest BCUT2D eigenvalue weighted by atomic mass is 35.5. The van der Waals surface area contributed by atoms with Crippen molar-refractivity contribution in [3.63, 3.8) is 0 Å². The van der Waals surface area contributed by atoms with Crippen molar-refractivity contribution in [2.24, 2.45) is 0 Å². The SMILES string of the molecule is CCn1c(=O)c2ccccc2n(CC(=O)N(C)Cc2ccc(Cl)cc2)c1=O. The Morgan fingerprint density at radius 1 is 1.04 bits per heavy atom. The van der Waals surface area contributed by atoms with Crippen molar-refractivity contribution in [2.45, 2.75) is 26.6 Å². The minimum absolute atomic E-state index is 0.135. The second-order valence-electron chi connectivity index (χ2n) is 6.31. The Morgan fingerprint density at radius 2 is 1.70 bits per heavy atom. The molecule has 0 radical (unpaired) electrons. The summed E-state index contributed by atoms with van der Waals surface area (Å²) in [5, 5.41) is 1.06. The van der Waals surface area contributed by atoms with Gasteiger partial charge in [-0.25, -0.2) is 4.79 Å². The predicted octanol–water partition coefficient (Wildman–Crippen LogP) is 2.50. The molecule has 1 amide bonds. The molecule has 1 heterocycles. The topological polar surface area (TPSA) is 64.3 Å². The van der Waals surface area contributed by atoms with Gasteiger partial charge in [0, 0.05) is 25.2 Å². The van der Waals surface area contributed by atoms with Gasteiger partial charge >= 0.3 is 5.69 Å². The van der Waals surface area contributed by atoms with Crippen molar-refractivity contribution in [1.29, 1.82) is 0 Å². The standard InChI is InChI=1S/C20H20ClN3O3/c1-3-23-19(26)16-6-4-5-7-17(16)24(20(23)27)13-18(25)22(2)12-14-8-10-15(21)11-9-14/h4-11H,3,12-13H2,1-2H3. The first-order chi connectivity index (χ1) is 12.9. The van der Waals surface area contributed by atoms with E-state index in [2.05, 4.69) is 0 Å². The van der Waals surface area contributed by atoms with E-state index in [1.807, 2.05) is 12.1 Å². The first kappa shape index (κ1) is 18.9. The van der Waals surface area contributed by atoms with Crippen LogP contribution in [0.5, 0.6) is 0 Å². The van der Waals surface area contributed by atoms with Crippen LogP contribution in [0, 0.1) is 0 Å². The molecule has 6 nitrogen and oxygen atoms in total. The monoisotopic (exact) mass is 385 g/mol. The molecular weight excluding hydrogens is 366 g/mol. The molecule has 3 aromatic rings. The van der Waals surface area contributed by atoms with Crippen LogP contribution >= 0.6 is 11.6 Å². The van der Waals surface area contributed by atoms with Crippen LogP contribution in [0.3, 0.4) is 0 Å². The Bertz CT molecular complexity index is 1100. The van der Waals surface area contributed by atoms with Crippen LogP contribution in [0.15, 0.2) is 58.1 Å². The Morgan fingerprint density at radius 3 is 2.37 bits per heavy atom. The Kier molecular flexibility index (Phi) is 5.46. The van der Waals surface area contributed by atoms with Crippen molar-refractivity contribution < 1.29 is 4.79 Å². The van der Waals surface area contributed by atoms with Gasteiger partial charge in [0.2, 0.25) is 5.91 Å². The summed E-state index contributed by atoms with van der Waals surface area (Å²) in [6.45, 7) is 2.24. The fourth-order valence-corrected chi connectivity index (χ4v) is 3.14. The summed E-state index contributed by atoms with van der Waals surface area (Å²) in [5.41, 5.74) is 0.585. The maximum Gasteiger partial charge on any atom is 0.331 e. The first-order valence-corrected chi connectivity index (χ1v) is 9.01. The van der Waals surface area contributed by atoms with E-state index in [0.717, 1.165) is 10.1 Å². The molecule has 140 valence electrons. The molecule has 0 saturated carbocycles. The van der Waals surface area contributed by atoms with Crippen LogP contribution in [-0.2, 0) is 24.4 Å². The smallest absolute Gasteiger partial charge is 0.331 e. The number of para-hydroxylation sites is 1. The lowest BCUT2D eigenvalue weighted by molar-refractivity contribution is -0.131. The number of aromatic nitrogens is 2. The minimum atomic E-state index is -0.477. The number of amides is 1. The van der Waals surface area contributed by atoms with Gasteiger partial charge in [-0.1, -0.05) is 35.9 Å². The number of nitrogens with zero attached hydrogens (tertiary/aromatic N) is 3. The zero-order chi connectivity index (χ0) is 19.6. The zero-order valence-electron chi connectivity index (χ0n) is 15.2. The summed E-state index contributed by atoms with van der Waals surface area (Å²) in [5.74, 6) is -0.224. The van der Waals surface area contributed by atoms with Crippen molar-refractivity contribution in [3.8, 4) is 0 Å². The van der Waals surface area contributed by atoms with Crippen molar-refractivity contribution >= 4 is 28.4 Å². The van der Waals surface area contributed by atoms with E-state index in [-0.39, 0.29) is 24.6 Å². The normalized spacial score (nSPS) is 10.9. The molecule has 0 unspecified atom stereocenters. The number of carbonyl (C=O) groups excluding carboxylic acids is 1. The summed E-state index contributed by atoms with van der Waals surface area (Å²) in [6.07, 6.45) is 0. The summed E-state index contributed by atoms with van der Waals surface area (Å²) in [6, 6.07) is 14.1. The molecule has 2 aromatic carbocycles. The highest BCUT2D eigenvalue weighted by Gasteiger charge is 2.16. The largest absolute Gasteiger partial charge is 0.340 e. The van der Waals surface area contributed by atoms with E-state index in [9.17, 15) is 14.4 Å². The molecule has 0 fully saturated rings. The summed E-state index contributed by atoms with van der Waals surface area (Å²) >= 11 is 5.89. The third-order valence-electron chi connectivity index (χ3n) is 4.50. The molecule has 27 heavy (non-hydrogen) atoms. The molecule has 0 spiro atoms. The van der Waals surface area contributed by atoms with Gasteiger partial charge in [-0.3, -0.25) is 18.7 Å². The quantitative estimate of drug-likeness (QED) is 0.677. The molecule has 0 N–H and O–H groups in total. The summed E-state index contributed by atoms with van der Waals surface area (Å²) in [4.78, 5) is 39.5. The molecule has 0 aliphatic carbocycles. The average Bonchev–Trinajstić information content (AvgIpc) is 2.67. The number of hydrogen-bond donors (Lipinski definition) is 0. The van der Waals surface area contributed by atoms with E-state index < -0.39 is 5.69 Å². The number of benzene rings is 2. The van der Waals surface area contributed by atoms with E-state index in [1.54, 1.807) is 55.3 Å². The van der Waals surface area contributed by atoms with Crippen LogP contribution in [0.4, 0.5) is 0 Å². The van der Waals surface area contributed by atoms with E-state index in [4.69, 9.17) is 11.6 Å². The number of rotatable bonds is 5. The van der Waals surface area contributed by atoms with E-state index in [0.29, 0.717) is 22.5 Å². The van der Waals surface area contributed by atoms with Gasteiger partial charge in [0.25, 0.3) is 5.56 Å². The van der Waals surface area contributed by atoms with Crippen molar-refractivity contribution in [3.05, 3.63) is 80.0 Å². The molecule has 0 aliphatic heterocycles. The van der Waals surface area contributed by atoms with Gasteiger partial charge in [0.15, 0.2) is 0 Å². The predicted molar refractivity (Wildman–Crippen MR) is 106 cm³/mol. The second kappa shape index (κ2) is 7.80. The van der Waals surface area contributed by atoms with Crippen LogP contribution in [-0.4, -0.2) is 27.0 Å². The number of halogens is 1. The lowest BCUT2D eigenvalue weighted by Gasteiger charge is -2.19. The van der Waals surface area contributed by atoms with Gasteiger partial charge in [-0.05, 0) is 36.8 Å². The maximum atomic E-state index is 12.7. The second-order valence-corrected chi connectivity index (χ2v) is 6.75. The minimum Gasteiger partial charge on any atom is -0.340 e. The van der Waals surface area contributed by atoms with Gasteiger partial charge in [0.05, 0.1) is 10.9 Å². The maximum absolute atomic E-state index is 12.7. The van der Waals surface area contributed by atoms with Gasteiger partial charge < -0.3 is 4.90 Å². The molecule has 0 atom stereocenters. The highest BCUT2D eigenvalue weighted by molar-refractivity contribution is 6.30. The first-order valence-electron chi connectivity index (χ1n) is 8.63. The zero-order valence-corrected chi connectivity index (χ0v) is 15.9. The number of hydrogen-bond acceptors (Lipinski definition) is 3. The van der Waals surface area contributed by atoms with Gasteiger partial charge in [-0.2, -0.15) is 0 Å². The van der Waals surface area contributed by atoms with Crippen molar-refractivity contribution in [2.75, 3.05) is 7.05 Å². The molecular formula is C20H20ClN3O3. The Hall–Kier alpha value is -2.86. The van der Waals surface area contributed by atoms with Gasteiger partial charge in [-0.15, -0.1) is 0 Å². The molecule has 0 aliphatic rings. The van der Waals surface area contributed by atoms with Crippen LogP contribution < -0.4 is 11.2 Å². The fraction of sp³-hybridized carbons (Fsp3) is 0.250. The van der Waals surface area contributed by atoms with Gasteiger partial charge in [0.1, 0.15) is 6.54 Å². The third kappa shape index (κ3) is 3.80. The van der Waals surface area contributed by atoms with E-state index in [1.165, 1.54) is 4.57 Å². The molecule has 3 rings (SSSR count). The highest BCUT2D eigenvalue weighted by Crippen LogP contribution is 2.12. The summed E-state index contributed by atoms with van der Waals surface area (Å²) < 4.78 is 2.51. The third-order valence-corrected chi connectivity index (χ3v) is 4.75. The number of carbonyl (C=O) groups is 1. The van der Waals surface area contributed by atoms with Crippen molar-refractivity contribution in [1.82, 2.24) is 14.0 Å². The average molecular weight is 386 g/mol. The van der Waals surface area contributed by atoms with Crippen LogP contribution in [0.2, 0.25) is 5.02 Å². The Labute approximate surface area is 161 Å². The number of likely N-dealkylation sites (N-methyl/N-ethyl adjacent to an activating group) is 1. The lowest BCUT2D eigenvalue weighted by Crippen LogP contribution is -2.42. The molecule has 7 heteroatoms. The number of fused-ring (bicyclic) bond motifs is 1. The van der Waals surface area contributed by atoms with E-state index >= 15 is 0 Å². The summed E-state index contributed by atoms with van der Waals surface area (Å²) in [7, 11) is 1.68. The molecule has 0 bridgehead atoms. The Balaban J connectivity index is 1.93. The van der Waals surface area contributed by atoms with Crippen LogP contribution in [0.1, 0.15) is 12.5 Å². The lowest BCUT2D eigenvalue weighted by atomic mass is 10.2. The molecule has 0 saturated heterocycles. The van der Waals surface area contributed by atoms with Crippen LogP contribution in [0.25, 0.3) is 10.9 Å². The fourth-order valence-electron chi connectivity index (χ4n) is 3.01.